The number of esters is 1. The predicted molar refractivity (Wildman–Crippen MR) is 127 cm³/mol. The number of ether oxygens (including phenoxy) is 2. The van der Waals surface area contributed by atoms with Crippen molar-refractivity contribution in [2.24, 2.45) is 0 Å². The Balaban J connectivity index is 1.91. The highest BCUT2D eigenvalue weighted by molar-refractivity contribution is 5.90. The number of unbranched alkanes of at least 4 members (excludes halogenated alkanes) is 1. The van der Waals surface area contributed by atoms with E-state index in [1.54, 1.807) is 13.4 Å². The Labute approximate surface area is 194 Å². The van der Waals surface area contributed by atoms with Crippen LogP contribution >= 0.6 is 0 Å². The number of hydrogen-bond acceptors (Lipinski definition) is 5. The molecule has 2 heterocycles. The van der Waals surface area contributed by atoms with Gasteiger partial charge in [0.15, 0.2) is 5.82 Å². The normalized spacial score (nSPS) is 20.8. The fourth-order valence-electron chi connectivity index (χ4n) is 4.96. The van der Waals surface area contributed by atoms with Crippen molar-refractivity contribution in [2.75, 3.05) is 7.11 Å². The minimum absolute atomic E-state index is 0.238. The molecule has 4 rings (SSSR count). The summed E-state index contributed by atoms with van der Waals surface area (Å²) in [5.41, 5.74) is 1.97. The minimum Gasteiger partial charge on any atom is -0.497 e. The predicted octanol–water partition coefficient (Wildman–Crippen LogP) is 5.03. The molecule has 1 aliphatic rings. The van der Waals surface area contributed by atoms with Crippen LogP contribution in [0.2, 0.25) is 0 Å². The number of nitrogens with one attached hydrogen (secondary N) is 1. The number of hydrogen-bond donors (Lipinski definition) is 1. The maximum Gasteiger partial charge on any atom is 0.317 e. The molecule has 3 atom stereocenters. The number of H-pyrrole nitrogens is 1. The van der Waals surface area contributed by atoms with Crippen molar-refractivity contribution in [3.8, 4) is 29.2 Å². The molecular weight excluding hydrogens is 414 g/mol. The van der Waals surface area contributed by atoms with Crippen molar-refractivity contribution in [1.29, 1.82) is 0 Å². The van der Waals surface area contributed by atoms with Gasteiger partial charge in [0.1, 0.15) is 23.6 Å². The van der Waals surface area contributed by atoms with E-state index in [1.165, 1.54) is 0 Å². The second kappa shape index (κ2) is 9.91. The van der Waals surface area contributed by atoms with Crippen molar-refractivity contribution < 1.29 is 14.3 Å². The molecule has 1 saturated heterocycles. The van der Waals surface area contributed by atoms with Crippen LogP contribution in [0.25, 0.3) is 11.1 Å². The van der Waals surface area contributed by atoms with Gasteiger partial charge in [-0.2, -0.15) is 5.10 Å². The highest BCUT2D eigenvalue weighted by atomic mass is 16.6. The molecule has 1 aromatic heterocycles. The molecule has 1 N–H and O–H groups in total. The number of cyclic esters (lactones) is 1. The number of nitrogens with zero attached hydrogens (tertiary/aromatic N) is 2. The molecule has 170 valence electrons. The number of aromatic nitrogens is 3. The van der Waals surface area contributed by atoms with E-state index in [2.05, 4.69) is 34.1 Å². The Morgan fingerprint density at radius 2 is 2.06 bits per heavy atom. The summed E-state index contributed by atoms with van der Waals surface area (Å²) in [6.45, 7) is 2.14. The third-order valence-electron chi connectivity index (χ3n) is 6.53. The number of carbonyl (C=O) groups excluding carboxylic acids is 1. The van der Waals surface area contributed by atoms with E-state index in [1.807, 2.05) is 42.5 Å². The lowest BCUT2D eigenvalue weighted by atomic mass is 9.64. The number of rotatable bonds is 9. The zero-order valence-corrected chi connectivity index (χ0v) is 19.1. The topological polar surface area (TPSA) is 77.1 Å². The monoisotopic (exact) mass is 443 g/mol. The van der Waals surface area contributed by atoms with E-state index in [0.717, 1.165) is 41.7 Å². The van der Waals surface area contributed by atoms with Gasteiger partial charge < -0.3 is 9.47 Å². The van der Waals surface area contributed by atoms with Gasteiger partial charge in [0.2, 0.25) is 0 Å². The van der Waals surface area contributed by atoms with Crippen molar-refractivity contribution >= 4 is 5.97 Å². The van der Waals surface area contributed by atoms with Crippen molar-refractivity contribution in [3.05, 3.63) is 66.2 Å². The first-order valence-corrected chi connectivity index (χ1v) is 11.4. The first-order chi connectivity index (χ1) is 16.1. The Kier molecular flexibility index (Phi) is 6.79. The van der Waals surface area contributed by atoms with Gasteiger partial charge in [0.05, 0.1) is 7.11 Å². The summed E-state index contributed by atoms with van der Waals surface area (Å²) in [7, 11) is 1.65. The van der Waals surface area contributed by atoms with E-state index in [-0.39, 0.29) is 18.0 Å². The molecule has 0 aliphatic carbocycles. The Hall–Kier alpha value is -3.59. The van der Waals surface area contributed by atoms with E-state index in [9.17, 15) is 4.79 Å². The van der Waals surface area contributed by atoms with Crippen LogP contribution in [0.5, 0.6) is 5.75 Å². The highest BCUT2D eigenvalue weighted by Crippen LogP contribution is 2.52. The molecule has 0 radical (unpaired) electrons. The van der Waals surface area contributed by atoms with Gasteiger partial charge in [-0.05, 0) is 35.2 Å². The molecule has 1 aliphatic heterocycles. The average molecular weight is 444 g/mol. The van der Waals surface area contributed by atoms with E-state index >= 15 is 0 Å². The molecule has 6 heteroatoms. The van der Waals surface area contributed by atoms with Crippen LogP contribution in [0.3, 0.4) is 0 Å². The number of aromatic amines is 1. The number of terminal acetylenes is 1. The lowest BCUT2D eigenvalue weighted by molar-refractivity contribution is -0.146. The zero-order valence-electron chi connectivity index (χ0n) is 19.1. The van der Waals surface area contributed by atoms with Gasteiger partial charge in [0.25, 0.3) is 0 Å². The first kappa shape index (κ1) is 22.6. The van der Waals surface area contributed by atoms with Crippen LogP contribution in [-0.2, 0) is 14.9 Å². The summed E-state index contributed by atoms with van der Waals surface area (Å²) < 4.78 is 11.2. The third kappa shape index (κ3) is 4.23. The maximum atomic E-state index is 13.8. The Morgan fingerprint density at radius 1 is 1.27 bits per heavy atom. The van der Waals surface area contributed by atoms with Crippen molar-refractivity contribution in [3.63, 3.8) is 0 Å². The zero-order chi connectivity index (χ0) is 23.3. The van der Waals surface area contributed by atoms with Crippen LogP contribution in [0.4, 0.5) is 0 Å². The lowest BCUT2D eigenvalue weighted by Gasteiger charge is -2.34. The molecule has 2 aromatic carbocycles. The van der Waals surface area contributed by atoms with Gasteiger partial charge >= 0.3 is 5.97 Å². The Morgan fingerprint density at radius 3 is 2.73 bits per heavy atom. The Bertz CT molecular complexity index is 1120. The van der Waals surface area contributed by atoms with Crippen LogP contribution in [0, 0.1) is 12.3 Å². The van der Waals surface area contributed by atoms with Gasteiger partial charge in [0, 0.05) is 18.8 Å². The summed E-state index contributed by atoms with van der Waals surface area (Å²) in [5, 5.41) is 7.24. The van der Waals surface area contributed by atoms with Gasteiger partial charge in [-0.1, -0.05) is 56.2 Å². The van der Waals surface area contributed by atoms with Crippen molar-refractivity contribution in [2.45, 2.75) is 56.5 Å². The van der Waals surface area contributed by atoms with E-state index in [4.69, 9.17) is 15.9 Å². The SMILES string of the molecule is C#CCC1CC(c2ccccc2-c2ccc(OC)cc2)(C(CCCC)c2nc[nH]n2)C(=O)O1. The summed E-state index contributed by atoms with van der Waals surface area (Å²) >= 11 is 0. The van der Waals surface area contributed by atoms with E-state index < -0.39 is 5.41 Å². The highest BCUT2D eigenvalue weighted by Gasteiger charge is 2.57. The van der Waals surface area contributed by atoms with E-state index in [0.29, 0.717) is 18.7 Å². The average Bonchev–Trinajstić information content (AvgIpc) is 3.49. The molecule has 3 aromatic rings. The van der Waals surface area contributed by atoms with Crippen LogP contribution in [-0.4, -0.2) is 34.4 Å². The quantitative estimate of drug-likeness (QED) is 0.371. The molecule has 3 unspecified atom stereocenters. The van der Waals surface area contributed by atoms with Gasteiger partial charge in [-0.25, -0.2) is 4.98 Å². The molecule has 0 spiro atoms. The summed E-state index contributed by atoms with van der Waals surface area (Å²) in [5.74, 6) is 3.58. The van der Waals surface area contributed by atoms with Crippen LogP contribution < -0.4 is 4.74 Å². The number of benzene rings is 2. The molecule has 6 nitrogen and oxygen atoms in total. The lowest BCUT2D eigenvalue weighted by Crippen LogP contribution is -2.39. The maximum absolute atomic E-state index is 13.8. The fraction of sp³-hybridized carbons (Fsp3) is 0.370. The number of carbonyl (C=O) groups is 1. The van der Waals surface area contributed by atoms with Gasteiger partial charge in [-0.15, -0.1) is 12.3 Å². The minimum atomic E-state index is -0.935. The van der Waals surface area contributed by atoms with Crippen molar-refractivity contribution in [1.82, 2.24) is 15.2 Å². The molecule has 0 bridgehead atoms. The summed E-state index contributed by atoms with van der Waals surface area (Å²) in [4.78, 5) is 18.3. The molecular formula is C27H29N3O3. The van der Waals surface area contributed by atoms with Crippen LogP contribution in [0.1, 0.15) is 56.3 Å². The first-order valence-electron chi connectivity index (χ1n) is 11.4. The smallest absolute Gasteiger partial charge is 0.317 e. The molecule has 0 saturated carbocycles. The molecule has 33 heavy (non-hydrogen) atoms. The molecule has 1 fully saturated rings. The number of methoxy groups -OCH3 is 1. The largest absolute Gasteiger partial charge is 0.497 e. The second-order valence-corrected chi connectivity index (χ2v) is 8.44. The third-order valence-corrected chi connectivity index (χ3v) is 6.53. The molecule has 0 amide bonds. The fourth-order valence-corrected chi connectivity index (χ4v) is 4.96. The van der Waals surface area contributed by atoms with Gasteiger partial charge in [-0.3, -0.25) is 9.89 Å². The summed E-state index contributed by atoms with van der Waals surface area (Å²) in [6.07, 6.45) is 10.4. The summed E-state index contributed by atoms with van der Waals surface area (Å²) in [6, 6.07) is 15.9. The second-order valence-electron chi connectivity index (χ2n) is 8.44. The van der Waals surface area contributed by atoms with Crippen LogP contribution in [0.15, 0.2) is 54.9 Å². The standard InChI is InChI=1S/C27H29N3O3/c1-4-6-11-24(25-28-18-29-30-25)27(17-21(9-5-2)33-26(27)31)23-12-8-7-10-22(23)19-13-15-20(32-3)16-14-19/h2,7-8,10,12-16,18,21,24H,4,6,9,11,17H2,1,3H3,(H,28,29,30).